The molecule has 8 fully saturated rings. The first-order chi connectivity index (χ1) is 29.8. The Labute approximate surface area is 375 Å². The van der Waals surface area contributed by atoms with Crippen molar-refractivity contribution in [3.63, 3.8) is 0 Å². The number of rotatable bonds is 12. The molecule has 0 radical (unpaired) electrons. The Bertz CT molecular complexity index is 1650. The lowest BCUT2D eigenvalue weighted by atomic mass is 9.41. The van der Waals surface area contributed by atoms with Crippen LogP contribution >= 0.6 is 0 Å². The first-order valence-corrected chi connectivity index (χ1v) is 23.8. The summed E-state index contributed by atoms with van der Waals surface area (Å²) in [5.74, 6) is -0.269. The minimum atomic E-state index is -1.64. The predicted octanol–water partition coefficient (Wildman–Crippen LogP) is -0.973. The average molecular weight is 919 g/mol. The van der Waals surface area contributed by atoms with Crippen molar-refractivity contribution in [2.45, 2.75) is 216 Å². The third-order valence-corrected chi connectivity index (χ3v) is 19.0. The molecule has 25 atom stereocenters. The fraction of sp³-hybridized carbons (Fsp3) is 1.00. The summed E-state index contributed by atoms with van der Waals surface area (Å²) in [6.45, 7) is 13.0. The summed E-state index contributed by atoms with van der Waals surface area (Å²) in [5.41, 5.74) is -2.98. The first kappa shape index (κ1) is 49.7. The molecule has 0 amide bonds. The van der Waals surface area contributed by atoms with Crippen molar-refractivity contribution >= 4 is 0 Å². The van der Waals surface area contributed by atoms with Crippen LogP contribution in [0, 0.1) is 50.7 Å². The zero-order valence-electron chi connectivity index (χ0n) is 38.4. The number of ether oxygens (including phenoxy) is 6. The van der Waals surface area contributed by atoms with Gasteiger partial charge in [-0.25, -0.2) is 0 Å². The molecule has 0 aromatic carbocycles. The minimum absolute atomic E-state index is 0.0345. The van der Waals surface area contributed by atoms with E-state index in [2.05, 4.69) is 34.6 Å². The highest BCUT2D eigenvalue weighted by atomic mass is 16.8. The summed E-state index contributed by atoms with van der Waals surface area (Å²) in [5, 5.41) is 129. The van der Waals surface area contributed by atoms with Crippen molar-refractivity contribution in [1.29, 1.82) is 0 Å². The lowest BCUT2D eigenvalue weighted by molar-refractivity contribution is -0.356. The van der Waals surface area contributed by atoms with Gasteiger partial charge in [0.15, 0.2) is 18.9 Å². The van der Waals surface area contributed by atoms with E-state index in [9.17, 15) is 61.3 Å². The maximum Gasteiger partial charge on any atom is 0.186 e. The molecule has 3 aliphatic heterocycles. The van der Waals surface area contributed by atoms with Crippen LogP contribution in [-0.4, -0.2) is 191 Å². The van der Waals surface area contributed by atoms with E-state index in [1.165, 1.54) is 0 Å². The molecule has 0 unspecified atom stereocenters. The van der Waals surface area contributed by atoms with Crippen molar-refractivity contribution in [1.82, 2.24) is 0 Å². The summed E-state index contributed by atoms with van der Waals surface area (Å²) in [4.78, 5) is 0. The third kappa shape index (κ3) is 7.68. The van der Waals surface area contributed by atoms with Crippen molar-refractivity contribution in [2.24, 2.45) is 50.7 Å². The molecule has 12 N–H and O–H groups in total. The molecule has 18 nitrogen and oxygen atoms in total. The van der Waals surface area contributed by atoms with E-state index in [1.54, 1.807) is 13.8 Å². The molecule has 0 aromatic rings. The Hall–Kier alpha value is -0.720. The topological polar surface area (TPSA) is 298 Å². The van der Waals surface area contributed by atoms with Crippen LogP contribution < -0.4 is 0 Å². The predicted molar refractivity (Wildman–Crippen MR) is 222 cm³/mol. The molecular formula is C46H78O18. The summed E-state index contributed by atoms with van der Waals surface area (Å²) in [6, 6.07) is 0. The highest BCUT2D eigenvalue weighted by Crippen LogP contribution is 2.89. The number of fused-ring (bicyclic) bond motifs is 2. The number of hydrogen-bond donors (Lipinski definition) is 12. The van der Waals surface area contributed by atoms with Gasteiger partial charge >= 0.3 is 0 Å². The minimum Gasteiger partial charge on any atom is -0.394 e. The molecule has 370 valence electrons. The van der Waals surface area contributed by atoms with Crippen molar-refractivity contribution in [3.05, 3.63) is 0 Å². The van der Waals surface area contributed by atoms with Crippen LogP contribution in [0.4, 0.5) is 0 Å². The van der Waals surface area contributed by atoms with Gasteiger partial charge in [-0.3, -0.25) is 0 Å². The molecule has 8 rings (SSSR count). The van der Waals surface area contributed by atoms with Gasteiger partial charge in [0.05, 0.1) is 49.8 Å². The van der Waals surface area contributed by atoms with Gasteiger partial charge in [-0.2, -0.15) is 0 Å². The van der Waals surface area contributed by atoms with Crippen LogP contribution in [0.15, 0.2) is 0 Å². The molecule has 5 saturated carbocycles. The molecule has 5 aliphatic carbocycles. The Balaban J connectivity index is 1.05. The van der Waals surface area contributed by atoms with Crippen molar-refractivity contribution in [2.75, 3.05) is 19.8 Å². The summed E-state index contributed by atoms with van der Waals surface area (Å²) in [6.07, 6.45) is -15.1. The van der Waals surface area contributed by atoms with Crippen LogP contribution in [0.5, 0.6) is 0 Å². The zero-order valence-corrected chi connectivity index (χ0v) is 38.4. The monoisotopic (exact) mass is 919 g/mol. The number of hydrogen-bond acceptors (Lipinski definition) is 18. The van der Waals surface area contributed by atoms with Gasteiger partial charge in [0.1, 0.15) is 61.0 Å². The van der Waals surface area contributed by atoms with Crippen molar-refractivity contribution in [3.8, 4) is 0 Å². The summed E-state index contributed by atoms with van der Waals surface area (Å²) >= 11 is 0. The van der Waals surface area contributed by atoms with E-state index >= 15 is 0 Å². The van der Waals surface area contributed by atoms with Gasteiger partial charge in [0, 0.05) is 0 Å². The van der Waals surface area contributed by atoms with Crippen LogP contribution in [0.2, 0.25) is 0 Å². The molecule has 2 spiro atoms. The summed E-state index contributed by atoms with van der Waals surface area (Å²) < 4.78 is 36.8. The number of aliphatic hydroxyl groups is 12. The van der Waals surface area contributed by atoms with E-state index in [0.29, 0.717) is 32.1 Å². The smallest absolute Gasteiger partial charge is 0.186 e. The Morgan fingerprint density at radius 1 is 0.688 bits per heavy atom. The Morgan fingerprint density at radius 2 is 1.33 bits per heavy atom. The molecule has 64 heavy (non-hydrogen) atoms. The quantitative estimate of drug-likeness (QED) is 0.105. The van der Waals surface area contributed by atoms with E-state index in [4.69, 9.17) is 28.4 Å². The molecule has 3 heterocycles. The van der Waals surface area contributed by atoms with Crippen molar-refractivity contribution < 1.29 is 89.7 Å². The zero-order chi connectivity index (χ0) is 46.9. The second kappa shape index (κ2) is 17.3. The van der Waals surface area contributed by atoms with Gasteiger partial charge in [-0.15, -0.1) is 0 Å². The van der Waals surface area contributed by atoms with Gasteiger partial charge in [-0.05, 0) is 122 Å². The molecule has 0 bridgehead atoms. The first-order valence-electron chi connectivity index (χ1n) is 23.8. The highest BCUT2D eigenvalue weighted by Gasteiger charge is 2.84. The lowest BCUT2D eigenvalue weighted by Gasteiger charge is -2.64. The maximum atomic E-state index is 12.6. The van der Waals surface area contributed by atoms with Crippen LogP contribution in [0.1, 0.15) is 106 Å². The van der Waals surface area contributed by atoms with Gasteiger partial charge in [0.2, 0.25) is 0 Å². The lowest BCUT2D eigenvalue weighted by Crippen LogP contribution is -2.63. The molecule has 18 heteroatoms. The fourth-order valence-electron chi connectivity index (χ4n) is 15.4. The molecular weight excluding hydrogens is 840 g/mol. The maximum absolute atomic E-state index is 12.6. The summed E-state index contributed by atoms with van der Waals surface area (Å²) in [7, 11) is 0. The van der Waals surface area contributed by atoms with Crippen LogP contribution in [0.3, 0.4) is 0 Å². The van der Waals surface area contributed by atoms with E-state index < -0.39 is 127 Å². The van der Waals surface area contributed by atoms with E-state index in [-0.39, 0.29) is 53.1 Å². The second-order valence-electron chi connectivity index (χ2n) is 23.1. The van der Waals surface area contributed by atoms with E-state index in [1.807, 2.05) is 0 Å². The Kier molecular flexibility index (Phi) is 13.4. The normalized spacial score (nSPS) is 54.5. The van der Waals surface area contributed by atoms with Crippen LogP contribution in [0.25, 0.3) is 0 Å². The van der Waals surface area contributed by atoms with E-state index in [0.717, 1.165) is 25.7 Å². The Morgan fingerprint density at radius 3 is 1.98 bits per heavy atom. The standard InChI is InChI=1S/C46H78O18/c1-20(8-9-27(51)42(4,5)58)29-24(61-39-35(57)33(55)32(54)25(16-47)62-39)15-44(7)26-14-21(48)37-41(2,3)28(10-11-46(37)19-45(26,46)13-12-43(29,44)6)63-40-36(31(53)23(50)18-60-40)64-38-34(56)30(52)22(49)17-59-38/h20-40,47-58H,8-19H2,1-7H3/t20-,21+,22+,23-,24-,25-,26+,27+,28-,29-,30+,31+,32-,33+,34+,35+,36+,37-,38+,39-,40+,43-,44+,45+,46-/m1/s1. The molecule has 0 aromatic heterocycles. The SMILES string of the molecule is C[C@H](CC[C@H](O)C(C)(C)O)[C@@H]1[C@H](O[C@@H]2O[C@H](CO)[C@@H](O)[C@H](O)[C@@H]2O)C[C@@]2(C)[C@@H]3C[C@H](O)[C@@H]4C(C)(C)[C@H](O[C@@H]5OC[C@@H](O)[C@H](O)[C@@H]5O[C@@H]5OC[C@H](O)[C@H](O)[C@@H]5O)CC[C@@]45C[C@@]35CC[C@]12C. The van der Waals surface area contributed by atoms with Gasteiger partial charge < -0.3 is 89.7 Å². The molecule has 8 aliphatic rings. The van der Waals surface area contributed by atoms with Gasteiger partial charge in [-0.1, -0.05) is 34.6 Å². The average Bonchev–Trinajstić information content (AvgIpc) is 3.81. The highest BCUT2D eigenvalue weighted by molar-refractivity contribution is 5.32. The fourth-order valence-corrected chi connectivity index (χ4v) is 15.4. The van der Waals surface area contributed by atoms with Gasteiger partial charge in [0.25, 0.3) is 0 Å². The largest absolute Gasteiger partial charge is 0.394 e. The second-order valence-corrected chi connectivity index (χ2v) is 23.1. The number of aliphatic hydroxyl groups excluding tert-OH is 11. The molecule has 3 saturated heterocycles. The van der Waals surface area contributed by atoms with Crippen LogP contribution in [-0.2, 0) is 28.4 Å². The third-order valence-electron chi connectivity index (χ3n) is 19.0.